The van der Waals surface area contributed by atoms with Crippen LogP contribution in [0.3, 0.4) is 0 Å². The van der Waals surface area contributed by atoms with Gasteiger partial charge in [-0.15, -0.1) is 0 Å². The molecule has 2 N–H and O–H groups in total. The van der Waals surface area contributed by atoms with Crippen LogP contribution in [0.25, 0.3) is 11.0 Å². The van der Waals surface area contributed by atoms with Crippen LogP contribution < -0.4 is 5.32 Å². The van der Waals surface area contributed by atoms with Crippen molar-refractivity contribution in [3.63, 3.8) is 0 Å². The van der Waals surface area contributed by atoms with Crippen molar-refractivity contribution >= 4 is 28.8 Å². The summed E-state index contributed by atoms with van der Waals surface area (Å²) in [5.41, 5.74) is 3.92. The van der Waals surface area contributed by atoms with Crippen LogP contribution in [0.4, 0.5) is 5.95 Å². The number of fused-ring (bicyclic) bond motifs is 1. The lowest BCUT2D eigenvalue weighted by Gasteiger charge is -2.16. The first kappa shape index (κ1) is 16.3. The number of imidazole rings is 1. The Morgan fingerprint density at radius 3 is 2.77 bits per heavy atom. The number of amides is 2. The van der Waals surface area contributed by atoms with Crippen LogP contribution in [0.15, 0.2) is 48.5 Å². The average Bonchev–Trinajstić information content (AvgIpc) is 3.20. The maximum absolute atomic E-state index is 12.5. The normalized spacial score (nSPS) is 17.0. The molecule has 4 rings (SSSR count). The van der Waals surface area contributed by atoms with E-state index in [1.54, 1.807) is 4.90 Å². The van der Waals surface area contributed by atoms with Gasteiger partial charge in [0.25, 0.3) is 0 Å². The zero-order valence-corrected chi connectivity index (χ0v) is 14.5. The van der Waals surface area contributed by atoms with Crippen molar-refractivity contribution in [3.8, 4) is 0 Å². The van der Waals surface area contributed by atoms with Crippen molar-refractivity contribution in [2.45, 2.75) is 19.9 Å². The number of hydrogen-bond donors (Lipinski definition) is 2. The molecular formula is C20H20N4O2. The number of aromatic nitrogens is 2. The molecule has 6 nitrogen and oxygen atoms in total. The number of likely N-dealkylation sites (tertiary alicyclic amines) is 1. The zero-order valence-electron chi connectivity index (χ0n) is 14.5. The lowest BCUT2D eigenvalue weighted by Crippen LogP contribution is -2.28. The Labute approximate surface area is 151 Å². The van der Waals surface area contributed by atoms with Gasteiger partial charge in [-0.05, 0) is 24.6 Å². The number of rotatable bonds is 4. The number of aromatic amines is 1. The fraction of sp³-hybridized carbons (Fsp3) is 0.250. The first-order valence-corrected chi connectivity index (χ1v) is 8.67. The molecule has 3 aromatic rings. The van der Waals surface area contributed by atoms with Gasteiger partial charge in [0.1, 0.15) is 0 Å². The van der Waals surface area contributed by atoms with Gasteiger partial charge < -0.3 is 9.88 Å². The molecule has 1 saturated heterocycles. The predicted molar refractivity (Wildman–Crippen MR) is 99.4 cm³/mol. The first-order valence-electron chi connectivity index (χ1n) is 8.67. The molecule has 0 spiro atoms. The largest absolute Gasteiger partial charge is 0.338 e. The standard InChI is InChI=1S/C20H20N4O2/c1-13-6-8-14(9-7-13)11-24-12-15(10-18(24)25)19(26)23-20-21-16-4-2-3-5-17(16)22-20/h2-9,15H,10-12H2,1H3,(H2,21,22,23,26). The Morgan fingerprint density at radius 1 is 1.23 bits per heavy atom. The summed E-state index contributed by atoms with van der Waals surface area (Å²) in [5, 5.41) is 2.80. The number of carbonyl (C=O) groups excluding carboxylic acids is 2. The Kier molecular flexibility index (Phi) is 4.16. The highest BCUT2D eigenvalue weighted by atomic mass is 16.2. The number of nitrogens with zero attached hydrogens (tertiary/aromatic N) is 2. The molecule has 0 aliphatic carbocycles. The SMILES string of the molecule is Cc1ccc(CN2CC(C(=O)Nc3nc4ccccc4[nH]3)CC2=O)cc1. The molecule has 132 valence electrons. The maximum atomic E-state index is 12.5. The molecule has 0 saturated carbocycles. The van der Waals surface area contributed by atoms with E-state index in [1.807, 2.05) is 55.5 Å². The van der Waals surface area contributed by atoms with Crippen LogP contribution >= 0.6 is 0 Å². The van der Waals surface area contributed by atoms with E-state index >= 15 is 0 Å². The molecular weight excluding hydrogens is 328 g/mol. The van der Waals surface area contributed by atoms with Gasteiger partial charge in [0.05, 0.1) is 17.0 Å². The Bertz CT molecular complexity index is 928. The predicted octanol–water partition coefficient (Wildman–Crippen LogP) is 2.86. The van der Waals surface area contributed by atoms with Crippen molar-refractivity contribution in [2.24, 2.45) is 5.92 Å². The summed E-state index contributed by atoms with van der Waals surface area (Å²) in [7, 11) is 0. The monoisotopic (exact) mass is 348 g/mol. The molecule has 1 fully saturated rings. The second kappa shape index (κ2) is 6.63. The fourth-order valence-corrected chi connectivity index (χ4v) is 3.25. The maximum Gasteiger partial charge on any atom is 0.232 e. The third-order valence-electron chi connectivity index (χ3n) is 4.71. The molecule has 2 heterocycles. The van der Waals surface area contributed by atoms with Crippen LogP contribution in [0.5, 0.6) is 0 Å². The van der Waals surface area contributed by atoms with Crippen molar-refractivity contribution in [2.75, 3.05) is 11.9 Å². The highest BCUT2D eigenvalue weighted by Gasteiger charge is 2.34. The van der Waals surface area contributed by atoms with Gasteiger partial charge >= 0.3 is 0 Å². The highest BCUT2D eigenvalue weighted by Crippen LogP contribution is 2.22. The minimum absolute atomic E-state index is 0.00957. The first-order chi connectivity index (χ1) is 12.6. The summed E-state index contributed by atoms with van der Waals surface area (Å²) in [6, 6.07) is 15.7. The highest BCUT2D eigenvalue weighted by molar-refractivity contribution is 5.97. The van der Waals surface area contributed by atoms with E-state index in [4.69, 9.17) is 0 Å². The van der Waals surface area contributed by atoms with Crippen molar-refractivity contribution in [3.05, 3.63) is 59.7 Å². The molecule has 0 radical (unpaired) electrons. The number of anilines is 1. The minimum Gasteiger partial charge on any atom is -0.338 e. The summed E-state index contributed by atoms with van der Waals surface area (Å²) in [4.78, 5) is 34.0. The molecule has 1 unspecified atom stereocenters. The van der Waals surface area contributed by atoms with Crippen molar-refractivity contribution in [1.29, 1.82) is 0 Å². The van der Waals surface area contributed by atoms with Crippen LogP contribution in [0.2, 0.25) is 0 Å². The Morgan fingerprint density at radius 2 is 2.00 bits per heavy atom. The van der Waals surface area contributed by atoms with Crippen LogP contribution in [0, 0.1) is 12.8 Å². The van der Waals surface area contributed by atoms with E-state index in [0.717, 1.165) is 16.6 Å². The lowest BCUT2D eigenvalue weighted by molar-refractivity contribution is -0.128. The summed E-state index contributed by atoms with van der Waals surface area (Å²) in [6.07, 6.45) is 0.234. The molecule has 26 heavy (non-hydrogen) atoms. The van der Waals surface area contributed by atoms with Gasteiger partial charge in [-0.2, -0.15) is 0 Å². The molecule has 2 amide bonds. The average molecular weight is 348 g/mol. The molecule has 1 atom stereocenters. The van der Waals surface area contributed by atoms with Gasteiger partial charge in [0.15, 0.2) is 0 Å². The Balaban J connectivity index is 1.40. The second-order valence-electron chi connectivity index (χ2n) is 6.75. The number of para-hydroxylation sites is 2. The van der Waals surface area contributed by atoms with Crippen LogP contribution in [-0.4, -0.2) is 33.2 Å². The molecule has 2 aromatic carbocycles. The van der Waals surface area contributed by atoms with E-state index in [9.17, 15) is 9.59 Å². The molecule has 1 aromatic heterocycles. The van der Waals surface area contributed by atoms with Crippen molar-refractivity contribution < 1.29 is 9.59 Å². The second-order valence-corrected chi connectivity index (χ2v) is 6.75. The van der Waals surface area contributed by atoms with Crippen LogP contribution in [-0.2, 0) is 16.1 Å². The quantitative estimate of drug-likeness (QED) is 0.761. The molecule has 0 bridgehead atoms. The van der Waals surface area contributed by atoms with E-state index in [0.29, 0.717) is 19.0 Å². The number of hydrogen-bond acceptors (Lipinski definition) is 3. The topological polar surface area (TPSA) is 78.1 Å². The number of H-pyrrole nitrogens is 1. The van der Waals surface area contributed by atoms with Gasteiger partial charge in [-0.25, -0.2) is 4.98 Å². The minimum atomic E-state index is -0.360. The van der Waals surface area contributed by atoms with Crippen molar-refractivity contribution in [1.82, 2.24) is 14.9 Å². The van der Waals surface area contributed by atoms with E-state index < -0.39 is 0 Å². The fourth-order valence-electron chi connectivity index (χ4n) is 3.25. The van der Waals surface area contributed by atoms with Crippen LogP contribution in [0.1, 0.15) is 17.5 Å². The van der Waals surface area contributed by atoms with E-state index in [-0.39, 0.29) is 24.2 Å². The Hall–Kier alpha value is -3.15. The number of benzene rings is 2. The lowest BCUT2D eigenvalue weighted by atomic mass is 10.1. The van der Waals surface area contributed by atoms with Gasteiger partial charge in [0.2, 0.25) is 17.8 Å². The number of nitrogens with one attached hydrogen (secondary N) is 2. The van der Waals surface area contributed by atoms with Gasteiger partial charge in [0, 0.05) is 19.5 Å². The molecule has 6 heteroatoms. The van der Waals surface area contributed by atoms with E-state index in [1.165, 1.54) is 5.56 Å². The van der Waals surface area contributed by atoms with E-state index in [2.05, 4.69) is 15.3 Å². The number of aryl methyl sites for hydroxylation is 1. The summed E-state index contributed by atoms with van der Waals surface area (Å²) < 4.78 is 0. The third kappa shape index (κ3) is 3.31. The number of carbonyl (C=O) groups is 2. The smallest absolute Gasteiger partial charge is 0.232 e. The van der Waals surface area contributed by atoms with Gasteiger partial charge in [-0.3, -0.25) is 14.9 Å². The third-order valence-corrected chi connectivity index (χ3v) is 4.71. The summed E-state index contributed by atoms with van der Waals surface area (Å²) in [5.74, 6) is -0.110. The van der Waals surface area contributed by atoms with Gasteiger partial charge in [-0.1, -0.05) is 42.0 Å². The zero-order chi connectivity index (χ0) is 18.1. The summed E-state index contributed by atoms with van der Waals surface area (Å²) in [6.45, 7) is 3.00. The molecule has 1 aliphatic heterocycles. The molecule has 1 aliphatic rings. The summed E-state index contributed by atoms with van der Waals surface area (Å²) >= 11 is 0.